The monoisotopic (exact) mass is 337 g/mol. The van der Waals surface area contributed by atoms with Gasteiger partial charge in [0.15, 0.2) is 0 Å². The van der Waals surface area contributed by atoms with Crippen molar-refractivity contribution < 1.29 is 17.5 Å². The van der Waals surface area contributed by atoms with E-state index in [1.165, 1.54) is 30.3 Å². The number of hydrogen-bond donors (Lipinski definition) is 1. The third-order valence-electron chi connectivity index (χ3n) is 3.31. The average Bonchev–Trinajstić information content (AvgIpc) is 2.51. The number of aryl methyl sites for hydroxylation is 1. The maximum absolute atomic E-state index is 12.9. The van der Waals surface area contributed by atoms with Crippen LogP contribution >= 0.6 is 0 Å². The molecule has 0 fully saturated rings. The van der Waals surface area contributed by atoms with Gasteiger partial charge < -0.3 is 4.74 Å². The maximum Gasteiger partial charge on any atom is 0.261 e. The van der Waals surface area contributed by atoms with Crippen molar-refractivity contribution in [1.82, 2.24) is 0 Å². The molecule has 0 atom stereocenters. The molecule has 0 aliphatic heterocycles. The van der Waals surface area contributed by atoms with Crippen molar-refractivity contribution in [3.8, 4) is 5.75 Å². The molecule has 0 aliphatic carbocycles. The Balaban J connectivity index is 2.16. The predicted molar refractivity (Wildman–Crippen MR) is 88.8 cm³/mol. The van der Waals surface area contributed by atoms with Gasteiger partial charge >= 0.3 is 0 Å². The van der Waals surface area contributed by atoms with Crippen LogP contribution in [-0.4, -0.2) is 15.0 Å². The Morgan fingerprint density at radius 3 is 2.43 bits per heavy atom. The van der Waals surface area contributed by atoms with Gasteiger partial charge in [-0.05, 0) is 61.4 Å². The number of unbranched alkanes of at least 4 members (excludes halogenated alkanes) is 1. The van der Waals surface area contributed by atoms with Crippen molar-refractivity contribution in [1.29, 1.82) is 0 Å². The third-order valence-corrected chi connectivity index (χ3v) is 4.69. The lowest BCUT2D eigenvalue weighted by Crippen LogP contribution is -2.13. The number of ether oxygens (including phenoxy) is 1. The first-order valence-electron chi connectivity index (χ1n) is 7.44. The summed E-state index contributed by atoms with van der Waals surface area (Å²) < 4.78 is 45.7. The van der Waals surface area contributed by atoms with E-state index in [0.29, 0.717) is 18.0 Å². The Bertz CT molecular complexity index is 758. The van der Waals surface area contributed by atoms with Crippen molar-refractivity contribution in [3.63, 3.8) is 0 Å². The lowest BCUT2D eigenvalue weighted by molar-refractivity contribution is 0.307. The minimum Gasteiger partial charge on any atom is -0.493 e. The second-order valence-corrected chi connectivity index (χ2v) is 6.92. The molecule has 0 aliphatic rings. The summed E-state index contributed by atoms with van der Waals surface area (Å²) in [4.78, 5) is 0.141. The molecule has 2 rings (SSSR count). The highest BCUT2D eigenvalue weighted by Crippen LogP contribution is 2.23. The van der Waals surface area contributed by atoms with E-state index in [1.54, 1.807) is 19.1 Å². The number of hydrogen-bond acceptors (Lipinski definition) is 3. The van der Waals surface area contributed by atoms with Gasteiger partial charge in [0.2, 0.25) is 0 Å². The molecule has 2 aromatic carbocycles. The lowest BCUT2D eigenvalue weighted by atomic mass is 10.2. The molecule has 2 aromatic rings. The molecule has 0 amide bonds. The predicted octanol–water partition coefficient (Wildman–Crippen LogP) is 4.11. The van der Waals surface area contributed by atoms with Gasteiger partial charge in [0.25, 0.3) is 10.0 Å². The zero-order valence-corrected chi connectivity index (χ0v) is 14.0. The molecule has 0 saturated heterocycles. The molecule has 0 bridgehead atoms. The van der Waals surface area contributed by atoms with E-state index < -0.39 is 15.8 Å². The van der Waals surface area contributed by atoms with Crippen LogP contribution in [0.25, 0.3) is 0 Å². The highest BCUT2D eigenvalue weighted by molar-refractivity contribution is 7.92. The molecule has 1 N–H and O–H groups in total. The van der Waals surface area contributed by atoms with Gasteiger partial charge in [0.05, 0.1) is 11.5 Å². The minimum atomic E-state index is -3.72. The van der Waals surface area contributed by atoms with E-state index in [0.717, 1.165) is 18.4 Å². The number of sulfonamides is 1. The summed E-state index contributed by atoms with van der Waals surface area (Å²) in [5, 5.41) is 0. The Labute approximate surface area is 136 Å². The van der Waals surface area contributed by atoms with Gasteiger partial charge in [0, 0.05) is 5.69 Å². The molecule has 0 radical (unpaired) electrons. The van der Waals surface area contributed by atoms with E-state index in [1.807, 2.05) is 0 Å². The molecule has 4 nitrogen and oxygen atoms in total. The number of benzene rings is 2. The fraction of sp³-hybridized carbons (Fsp3) is 0.294. The molecule has 124 valence electrons. The summed E-state index contributed by atoms with van der Waals surface area (Å²) in [5.41, 5.74) is 1.07. The van der Waals surface area contributed by atoms with Crippen LogP contribution in [0.15, 0.2) is 47.4 Å². The molecule has 0 heterocycles. The first kappa shape index (κ1) is 17.3. The molecule has 0 unspecified atom stereocenters. The summed E-state index contributed by atoms with van der Waals surface area (Å²) in [6, 6.07) is 9.88. The number of nitrogens with one attached hydrogen (secondary N) is 1. The van der Waals surface area contributed by atoms with Crippen LogP contribution in [0.4, 0.5) is 10.1 Å². The summed E-state index contributed by atoms with van der Waals surface area (Å²) in [5.74, 6) is 0.261. The third kappa shape index (κ3) is 4.69. The van der Waals surface area contributed by atoms with Crippen molar-refractivity contribution >= 4 is 15.7 Å². The van der Waals surface area contributed by atoms with Crippen LogP contribution in [-0.2, 0) is 10.0 Å². The van der Waals surface area contributed by atoms with E-state index in [4.69, 9.17) is 4.74 Å². The molecular formula is C17H20FNO3S. The standard InChI is InChI=1S/C17H20FNO3S/c1-3-4-11-22-17-10-9-16(12-13(17)2)23(20,21)19-15-7-5-14(18)6-8-15/h5-10,12,19H,3-4,11H2,1-2H3. The van der Waals surface area contributed by atoms with Gasteiger partial charge in [-0.2, -0.15) is 0 Å². The second-order valence-electron chi connectivity index (χ2n) is 5.24. The normalized spacial score (nSPS) is 11.3. The fourth-order valence-corrected chi connectivity index (χ4v) is 3.15. The maximum atomic E-state index is 12.9. The summed E-state index contributed by atoms with van der Waals surface area (Å²) >= 11 is 0. The van der Waals surface area contributed by atoms with E-state index in [-0.39, 0.29) is 4.90 Å². The van der Waals surface area contributed by atoms with Crippen molar-refractivity contribution in [3.05, 3.63) is 53.8 Å². The summed E-state index contributed by atoms with van der Waals surface area (Å²) in [6.45, 7) is 4.49. The van der Waals surface area contributed by atoms with Gasteiger partial charge in [-0.3, -0.25) is 4.72 Å². The van der Waals surface area contributed by atoms with Gasteiger partial charge in [-0.25, -0.2) is 12.8 Å². The Hall–Kier alpha value is -2.08. The highest BCUT2D eigenvalue weighted by atomic mass is 32.2. The number of anilines is 1. The lowest BCUT2D eigenvalue weighted by Gasteiger charge is -2.12. The molecule has 23 heavy (non-hydrogen) atoms. The topological polar surface area (TPSA) is 55.4 Å². The van der Waals surface area contributed by atoms with E-state index in [2.05, 4.69) is 11.6 Å². The van der Waals surface area contributed by atoms with Crippen molar-refractivity contribution in [2.45, 2.75) is 31.6 Å². The van der Waals surface area contributed by atoms with Crippen LogP contribution in [0.1, 0.15) is 25.3 Å². The van der Waals surface area contributed by atoms with Crippen LogP contribution in [0.3, 0.4) is 0 Å². The summed E-state index contributed by atoms with van der Waals surface area (Å²) in [7, 11) is -3.72. The highest BCUT2D eigenvalue weighted by Gasteiger charge is 2.15. The Morgan fingerprint density at radius 1 is 1.13 bits per heavy atom. The van der Waals surface area contributed by atoms with Crippen molar-refractivity contribution in [2.75, 3.05) is 11.3 Å². The van der Waals surface area contributed by atoms with Crippen LogP contribution in [0, 0.1) is 12.7 Å². The smallest absolute Gasteiger partial charge is 0.261 e. The largest absolute Gasteiger partial charge is 0.493 e. The zero-order chi connectivity index (χ0) is 16.9. The summed E-state index contributed by atoms with van der Waals surface area (Å²) in [6.07, 6.45) is 1.98. The van der Waals surface area contributed by atoms with Crippen LogP contribution < -0.4 is 9.46 Å². The number of halogens is 1. The van der Waals surface area contributed by atoms with E-state index in [9.17, 15) is 12.8 Å². The number of rotatable bonds is 7. The van der Waals surface area contributed by atoms with Gasteiger partial charge in [-0.1, -0.05) is 13.3 Å². The fourth-order valence-electron chi connectivity index (χ4n) is 2.01. The Kier molecular flexibility index (Phi) is 5.60. The van der Waals surface area contributed by atoms with E-state index >= 15 is 0 Å². The van der Waals surface area contributed by atoms with Gasteiger partial charge in [0.1, 0.15) is 11.6 Å². The molecule has 0 saturated carbocycles. The van der Waals surface area contributed by atoms with Crippen LogP contribution in [0.5, 0.6) is 5.75 Å². The molecule has 6 heteroatoms. The second kappa shape index (κ2) is 7.46. The first-order valence-corrected chi connectivity index (χ1v) is 8.92. The quantitative estimate of drug-likeness (QED) is 0.774. The van der Waals surface area contributed by atoms with Crippen LogP contribution in [0.2, 0.25) is 0 Å². The average molecular weight is 337 g/mol. The van der Waals surface area contributed by atoms with Crippen molar-refractivity contribution in [2.24, 2.45) is 0 Å². The molecule has 0 spiro atoms. The molecule has 0 aromatic heterocycles. The van der Waals surface area contributed by atoms with Gasteiger partial charge in [-0.15, -0.1) is 0 Å². The molecular weight excluding hydrogens is 317 g/mol. The Morgan fingerprint density at radius 2 is 1.83 bits per heavy atom. The SMILES string of the molecule is CCCCOc1ccc(S(=O)(=O)Nc2ccc(F)cc2)cc1C. The zero-order valence-electron chi connectivity index (χ0n) is 13.2. The minimum absolute atomic E-state index is 0.141. The first-order chi connectivity index (χ1) is 10.9.